The van der Waals surface area contributed by atoms with Gasteiger partial charge in [-0.1, -0.05) is 13.8 Å². The molecule has 0 heterocycles. The van der Waals surface area contributed by atoms with Crippen LogP contribution in [0.15, 0.2) is 16.6 Å². The van der Waals surface area contributed by atoms with Crippen molar-refractivity contribution in [3.05, 3.63) is 28.2 Å². The SMILES string of the molecule is CCN(CC)S(=O)(=O)Nc1cc(F)c(Br)cc1F. The molecule has 1 aromatic carbocycles. The number of anilines is 1. The van der Waals surface area contributed by atoms with Gasteiger partial charge in [0.15, 0.2) is 0 Å². The Kier molecular flexibility index (Phi) is 5.06. The molecule has 0 fully saturated rings. The molecule has 102 valence electrons. The molecule has 0 atom stereocenters. The molecule has 1 aromatic rings. The van der Waals surface area contributed by atoms with Crippen molar-refractivity contribution in [2.45, 2.75) is 13.8 Å². The second-order valence-corrected chi connectivity index (χ2v) is 5.96. The van der Waals surface area contributed by atoms with Gasteiger partial charge in [-0.15, -0.1) is 0 Å². The fraction of sp³-hybridized carbons (Fsp3) is 0.400. The highest BCUT2D eigenvalue weighted by molar-refractivity contribution is 9.10. The molecule has 0 saturated carbocycles. The molecule has 0 aromatic heterocycles. The molecule has 0 spiro atoms. The van der Waals surface area contributed by atoms with Crippen molar-refractivity contribution in [1.29, 1.82) is 0 Å². The molecule has 0 saturated heterocycles. The van der Waals surface area contributed by atoms with Gasteiger partial charge in [-0.25, -0.2) is 8.78 Å². The lowest BCUT2D eigenvalue weighted by Crippen LogP contribution is -2.35. The van der Waals surface area contributed by atoms with E-state index in [2.05, 4.69) is 15.9 Å². The maximum atomic E-state index is 13.5. The summed E-state index contributed by atoms with van der Waals surface area (Å²) in [6.07, 6.45) is 0. The lowest BCUT2D eigenvalue weighted by atomic mass is 10.3. The minimum atomic E-state index is -3.87. The molecular formula is C10H13BrF2N2O2S. The Labute approximate surface area is 113 Å². The summed E-state index contributed by atoms with van der Waals surface area (Å²) in [6.45, 7) is 3.79. The summed E-state index contributed by atoms with van der Waals surface area (Å²) in [5.74, 6) is -1.59. The number of rotatable bonds is 5. The van der Waals surface area contributed by atoms with Crippen LogP contribution < -0.4 is 4.72 Å². The molecular weight excluding hydrogens is 330 g/mol. The summed E-state index contributed by atoms with van der Waals surface area (Å²) in [5, 5.41) is 0. The van der Waals surface area contributed by atoms with Crippen molar-refractivity contribution in [1.82, 2.24) is 4.31 Å². The Hall–Kier alpha value is -0.730. The first-order valence-electron chi connectivity index (χ1n) is 5.24. The monoisotopic (exact) mass is 342 g/mol. The van der Waals surface area contributed by atoms with E-state index < -0.39 is 27.5 Å². The average molecular weight is 343 g/mol. The van der Waals surface area contributed by atoms with Gasteiger partial charge in [0.25, 0.3) is 0 Å². The number of benzene rings is 1. The van der Waals surface area contributed by atoms with Crippen molar-refractivity contribution in [3.8, 4) is 0 Å². The second kappa shape index (κ2) is 5.94. The van der Waals surface area contributed by atoms with Crippen molar-refractivity contribution >= 4 is 31.8 Å². The molecule has 0 amide bonds. The molecule has 4 nitrogen and oxygen atoms in total. The van der Waals surface area contributed by atoms with E-state index in [0.29, 0.717) is 0 Å². The van der Waals surface area contributed by atoms with Gasteiger partial charge >= 0.3 is 10.2 Å². The number of hydrogen-bond acceptors (Lipinski definition) is 2. The smallest absolute Gasteiger partial charge is 0.268 e. The third kappa shape index (κ3) is 3.39. The Balaban J connectivity index is 3.08. The van der Waals surface area contributed by atoms with Crippen LogP contribution in [0, 0.1) is 11.6 Å². The summed E-state index contributed by atoms with van der Waals surface area (Å²) in [5.41, 5.74) is -0.414. The van der Waals surface area contributed by atoms with Crippen molar-refractivity contribution in [3.63, 3.8) is 0 Å². The number of hydrogen-bond donors (Lipinski definition) is 1. The van der Waals surface area contributed by atoms with E-state index in [1.165, 1.54) is 0 Å². The van der Waals surface area contributed by atoms with Crippen LogP contribution in [0.1, 0.15) is 13.8 Å². The molecule has 0 aliphatic rings. The zero-order chi connectivity index (χ0) is 13.9. The molecule has 8 heteroatoms. The zero-order valence-corrected chi connectivity index (χ0v) is 12.3. The zero-order valence-electron chi connectivity index (χ0n) is 9.87. The minimum absolute atomic E-state index is 0.0641. The predicted molar refractivity (Wildman–Crippen MR) is 69.5 cm³/mol. The van der Waals surface area contributed by atoms with E-state index in [1.807, 2.05) is 4.72 Å². The first kappa shape index (κ1) is 15.3. The first-order chi connectivity index (χ1) is 8.31. The normalized spacial score (nSPS) is 11.9. The van der Waals surface area contributed by atoms with E-state index >= 15 is 0 Å². The molecule has 1 N–H and O–H groups in total. The highest BCUT2D eigenvalue weighted by atomic mass is 79.9. The lowest BCUT2D eigenvalue weighted by Gasteiger charge is -2.19. The predicted octanol–water partition coefficient (Wildman–Crippen LogP) is 2.73. The molecule has 0 radical (unpaired) electrons. The summed E-state index contributed by atoms with van der Waals surface area (Å²) in [4.78, 5) is 0. The maximum absolute atomic E-state index is 13.5. The van der Waals surface area contributed by atoms with Crippen LogP contribution in [0.5, 0.6) is 0 Å². The summed E-state index contributed by atoms with van der Waals surface area (Å²) in [6, 6.07) is 1.66. The van der Waals surface area contributed by atoms with Crippen LogP contribution in [-0.2, 0) is 10.2 Å². The molecule has 0 bridgehead atoms. The molecule has 18 heavy (non-hydrogen) atoms. The van der Waals surface area contributed by atoms with Crippen molar-refractivity contribution in [2.24, 2.45) is 0 Å². The average Bonchev–Trinajstić information content (AvgIpc) is 2.26. The van der Waals surface area contributed by atoms with Gasteiger partial charge in [0.1, 0.15) is 11.6 Å². The summed E-state index contributed by atoms with van der Waals surface area (Å²) >= 11 is 2.81. The van der Waals surface area contributed by atoms with Gasteiger partial charge in [0.2, 0.25) is 0 Å². The van der Waals surface area contributed by atoms with Crippen LogP contribution >= 0.6 is 15.9 Å². The maximum Gasteiger partial charge on any atom is 0.301 e. The third-order valence-corrected chi connectivity index (χ3v) is 4.58. The fourth-order valence-corrected chi connectivity index (χ4v) is 2.93. The van der Waals surface area contributed by atoms with Crippen LogP contribution in [0.4, 0.5) is 14.5 Å². The van der Waals surface area contributed by atoms with Gasteiger partial charge in [-0.3, -0.25) is 4.72 Å². The molecule has 0 aliphatic heterocycles. The summed E-state index contributed by atoms with van der Waals surface area (Å²) < 4.78 is 53.4. The van der Waals surface area contributed by atoms with Crippen molar-refractivity contribution in [2.75, 3.05) is 17.8 Å². The highest BCUT2D eigenvalue weighted by Gasteiger charge is 2.20. The van der Waals surface area contributed by atoms with Gasteiger partial charge in [-0.2, -0.15) is 12.7 Å². The van der Waals surface area contributed by atoms with E-state index in [1.54, 1.807) is 13.8 Å². The van der Waals surface area contributed by atoms with E-state index in [0.717, 1.165) is 16.4 Å². The molecule has 0 aliphatic carbocycles. The highest BCUT2D eigenvalue weighted by Crippen LogP contribution is 2.24. The Morgan fingerprint density at radius 3 is 2.28 bits per heavy atom. The van der Waals surface area contributed by atoms with Crippen molar-refractivity contribution < 1.29 is 17.2 Å². The second-order valence-electron chi connectivity index (χ2n) is 3.44. The van der Waals surface area contributed by atoms with Gasteiger partial charge in [-0.05, 0) is 22.0 Å². The van der Waals surface area contributed by atoms with E-state index in [-0.39, 0.29) is 17.6 Å². The third-order valence-electron chi connectivity index (χ3n) is 2.29. The van der Waals surface area contributed by atoms with Gasteiger partial charge < -0.3 is 0 Å². The molecule has 1 rings (SSSR count). The number of halogens is 3. The quantitative estimate of drug-likeness (QED) is 0.836. The standard InChI is InChI=1S/C10H13BrF2N2O2S/c1-3-15(4-2)18(16,17)14-10-6-8(12)7(11)5-9(10)13/h5-6,14H,3-4H2,1-2H3. The van der Waals surface area contributed by atoms with Crippen LogP contribution in [0.25, 0.3) is 0 Å². The lowest BCUT2D eigenvalue weighted by molar-refractivity contribution is 0.449. The van der Waals surface area contributed by atoms with E-state index in [9.17, 15) is 17.2 Å². The van der Waals surface area contributed by atoms with Crippen LogP contribution in [0.2, 0.25) is 0 Å². The first-order valence-corrected chi connectivity index (χ1v) is 7.47. The number of nitrogens with zero attached hydrogens (tertiary/aromatic N) is 1. The van der Waals surface area contributed by atoms with Crippen LogP contribution in [0.3, 0.4) is 0 Å². The van der Waals surface area contributed by atoms with Crippen LogP contribution in [-0.4, -0.2) is 25.8 Å². The minimum Gasteiger partial charge on any atom is -0.268 e. The Bertz CT molecular complexity index is 533. The van der Waals surface area contributed by atoms with Gasteiger partial charge in [0, 0.05) is 19.2 Å². The Morgan fingerprint density at radius 1 is 1.22 bits per heavy atom. The van der Waals surface area contributed by atoms with Gasteiger partial charge in [0.05, 0.1) is 10.2 Å². The largest absolute Gasteiger partial charge is 0.301 e. The Morgan fingerprint density at radius 2 is 1.78 bits per heavy atom. The fourth-order valence-electron chi connectivity index (χ4n) is 1.37. The molecule has 0 unspecified atom stereocenters. The topological polar surface area (TPSA) is 49.4 Å². The number of nitrogens with one attached hydrogen (secondary N) is 1. The summed E-state index contributed by atoms with van der Waals surface area (Å²) in [7, 11) is -3.87. The van der Waals surface area contributed by atoms with E-state index in [4.69, 9.17) is 0 Å².